The number of para-hydroxylation sites is 6. The summed E-state index contributed by atoms with van der Waals surface area (Å²) in [6, 6.07) is 138. The van der Waals surface area contributed by atoms with Gasteiger partial charge in [-0.2, -0.15) is 0 Å². The third-order valence-corrected chi connectivity index (χ3v) is 20.6. The third-order valence-electron chi connectivity index (χ3n) is 20.6. The summed E-state index contributed by atoms with van der Waals surface area (Å²) in [4.78, 5) is 2.39. The SMILES string of the molecule is c1ccc(N(c2ccccc2)c2ccc3c(c2)C(c2ccccc2)(c2ccccc2)c2cc(-c4cc(-c5ccc6c(c5)C(c5ccccc5)(c5ccccc5)c5cc(-n7c8ccccc8c8ccccc87)ccc5-6)c5c(c4)c4ccccc4n5-c4ccccc4)ccc2-3)cc1. The van der Waals surface area contributed by atoms with Gasteiger partial charge in [0.2, 0.25) is 0 Å². The summed E-state index contributed by atoms with van der Waals surface area (Å²) < 4.78 is 4.97. The highest BCUT2D eigenvalue weighted by atomic mass is 15.1. The van der Waals surface area contributed by atoms with Crippen molar-refractivity contribution in [1.82, 2.24) is 9.13 Å². The molecule has 0 atom stereocenters. The molecule has 0 bridgehead atoms. The minimum absolute atomic E-state index is 0.691. The van der Waals surface area contributed by atoms with E-state index in [0.29, 0.717) is 0 Å². The Morgan fingerprint density at radius 1 is 0.211 bits per heavy atom. The van der Waals surface area contributed by atoms with E-state index in [9.17, 15) is 0 Å². The average molecular weight is 1210 g/mol. The van der Waals surface area contributed by atoms with E-state index in [1.807, 2.05) is 0 Å². The number of hydrogen-bond donors (Lipinski definition) is 0. The van der Waals surface area contributed by atoms with Gasteiger partial charge in [-0.15, -0.1) is 0 Å². The van der Waals surface area contributed by atoms with Gasteiger partial charge < -0.3 is 14.0 Å². The van der Waals surface area contributed by atoms with Crippen LogP contribution in [0.3, 0.4) is 0 Å². The first-order valence-corrected chi connectivity index (χ1v) is 33.0. The molecule has 2 aliphatic carbocycles. The van der Waals surface area contributed by atoms with Crippen molar-refractivity contribution in [1.29, 1.82) is 0 Å². The van der Waals surface area contributed by atoms with E-state index in [0.717, 1.165) is 56.2 Å². The Balaban J connectivity index is 0.866. The topological polar surface area (TPSA) is 13.1 Å². The van der Waals surface area contributed by atoms with Crippen LogP contribution in [0.25, 0.3) is 99.5 Å². The van der Waals surface area contributed by atoms with Crippen molar-refractivity contribution in [3.8, 4) is 55.9 Å². The fourth-order valence-electron chi connectivity index (χ4n) is 16.7. The molecular formula is C92H61N3. The van der Waals surface area contributed by atoms with Gasteiger partial charge in [-0.1, -0.05) is 267 Å². The van der Waals surface area contributed by atoms with Crippen molar-refractivity contribution < 1.29 is 0 Å². The third kappa shape index (κ3) is 8.13. The average Bonchev–Trinajstić information content (AvgIpc) is 1.55. The number of rotatable bonds is 11. The molecular weight excluding hydrogens is 1150 g/mol. The Morgan fingerprint density at radius 2 is 0.579 bits per heavy atom. The lowest BCUT2D eigenvalue weighted by molar-refractivity contribution is 0.768. The van der Waals surface area contributed by atoms with Crippen LogP contribution in [0.5, 0.6) is 0 Å². The highest BCUT2D eigenvalue weighted by Gasteiger charge is 2.48. The molecule has 17 aromatic rings. The number of anilines is 3. The Bertz CT molecular complexity index is 5640. The molecule has 0 radical (unpaired) electrons. The van der Waals surface area contributed by atoms with Crippen molar-refractivity contribution in [3.05, 3.63) is 415 Å². The summed E-state index contributed by atoms with van der Waals surface area (Å²) in [5, 5.41) is 4.89. The van der Waals surface area contributed by atoms with Crippen LogP contribution in [0.1, 0.15) is 44.5 Å². The van der Waals surface area contributed by atoms with E-state index >= 15 is 0 Å². The molecule has 0 aliphatic heterocycles. The largest absolute Gasteiger partial charge is 0.310 e. The molecule has 0 spiro atoms. The molecule has 2 heterocycles. The predicted molar refractivity (Wildman–Crippen MR) is 395 cm³/mol. The predicted octanol–water partition coefficient (Wildman–Crippen LogP) is 23.4. The number of hydrogen-bond acceptors (Lipinski definition) is 1. The van der Waals surface area contributed by atoms with Crippen LogP contribution < -0.4 is 4.90 Å². The molecule has 0 unspecified atom stereocenters. The van der Waals surface area contributed by atoms with Crippen LogP contribution in [0.2, 0.25) is 0 Å². The summed E-state index contributed by atoms with van der Waals surface area (Å²) in [7, 11) is 0. The lowest BCUT2D eigenvalue weighted by atomic mass is 9.67. The first-order valence-electron chi connectivity index (χ1n) is 33.0. The maximum atomic E-state index is 2.56. The van der Waals surface area contributed by atoms with Gasteiger partial charge in [0.05, 0.1) is 32.9 Å². The number of benzene rings is 15. The highest BCUT2D eigenvalue weighted by Crippen LogP contribution is 2.60. The molecule has 19 rings (SSSR count). The maximum Gasteiger partial charge on any atom is 0.0714 e. The van der Waals surface area contributed by atoms with Gasteiger partial charge in [0.25, 0.3) is 0 Å². The Kier molecular flexibility index (Phi) is 12.4. The molecule has 3 heteroatoms. The second-order valence-corrected chi connectivity index (χ2v) is 25.4. The van der Waals surface area contributed by atoms with Gasteiger partial charge in [0, 0.05) is 55.5 Å². The minimum Gasteiger partial charge on any atom is -0.310 e. The van der Waals surface area contributed by atoms with Gasteiger partial charge in [0.15, 0.2) is 0 Å². The van der Waals surface area contributed by atoms with Gasteiger partial charge >= 0.3 is 0 Å². The zero-order valence-corrected chi connectivity index (χ0v) is 52.1. The van der Waals surface area contributed by atoms with Crippen LogP contribution in [0, 0.1) is 0 Å². The molecule has 15 aromatic carbocycles. The van der Waals surface area contributed by atoms with Gasteiger partial charge in [-0.05, 0) is 187 Å². The fraction of sp³-hybridized carbons (Fsp3) is 0.0217. The van der Waals surface area contributed by atoms with E-state index in [1.54, 1.807) is 0 Å². The summed E-state index contributed by atoms with van der Waals surface area (Å²) in [5.74, 6) is 0. The van der Waals surface area contributed by atoms with E-state index in [-0.39, 0.29) is 0 Å². The second kappa shape index (κ2) is 21.7. The molecule has 2 aliphatic rings. The number of fused-ring (bicyclic) bond motifs is 12. The standard InChI is InChI=1S/C92H61N3/c1-8-28-65(29-9-1)91(66-30-10-2-11-31-66)83-58-62(48-52-74(83)76-54-50-72(60-85(76)91)93(69-36-16-5-17-37-69)70-38-18-6-19-39-70)64-56-81(90-82(57-64)80-44-24-27-47-89(80)95(90)71-40-20-7-21-41-71)63-49-53-75-77-55-51-73(94-87-45-25-22-42-78(87)79-43-23-26-46-88(79)94)61-86(77)92(84(75)59-63,67-32-12-3-13-33-67)68-34-14-4-15-35-68/h1-61H. The quantitative estimate of drug-likeness (QED) is 0.126. The van der Waals surface area contributed by atoms with E-state index in [2.05, 4.69) is 384 Å². The summed E-state index contributed by atoms with van der Waals surface area (Å²) in [5.41, 5.74) is 28.3. The molecule has 3 nitrogen and oxygen atoms in total. The van der Waals surface area contributed by atoms with Crippen LogP contribution in [0.15, 0.2) is 370 Å². The van der Waals surface area contributed by atoms with Crippen LogP contribution in [0.4, 0.5) is 17.1 Å². The summed E-state index contributed by atoms with van der Waals surface area (Å²) in [6.07, 6.45) is 0. The lowest BCUT2D eigenvalue weighted by Gasteiger charge is -2.35. The van der Waals surface area contributed by atoms with E-state index < -0.39 is 10.8 Å². The lowest BCUT2D eigenvalue weighted by Crippen LogP contribution is -2.28. The zero-order valence-electron chi connectivity index (χ0n) is 52.1. The van der Waals surface area contributed by atoms with Crippen LogP contribution in [-0.4, -0.2) is 9.13 Å². The van der Waals surface area contributed by atoms with Gasteiger partial charge in [-0.25, -0.2) is 0 Å². The first-order chi connectivity index (χ1) is 47.1. The highest BCUT2D eigenvalue weighted by molar-refractivity contribution is 6.16. The van der Waals surface area contributed by atoms with Crippen LogP contribution in [-0.2, 0) is 10.8 Å². The molecule has 0 fully saturated rings. The monoisotopic (exact) mass is 1210 g/mol. The molecule has 0 saturated heterocycles. The van der Waals surface area contributed by atoms with Gasteiger partial charge in [0.1, 0.15) is 0 Å². The minimum atomic E-state index is -0.701. The molecule has 0 N–H and O–H groups in total. The zero-order chi connectivity index (χ0) is 62.6. The van der Waals surface area contributed by atoms with Crippen molar-refractivity contribution >= 4 is 60.7 Å². The van der Waals surface area contributed by atoms with Crippen molar-refractivity contribution in [2.75, 3.05) is 4.90 Å². The molecule has 2 aromatic heterocycles. The first kappa shape index (κ1) is 54.4. The number of aromatic nitrogens is 2. The van der Waals surface area contributed by atoms with Crippen molar-refractivity contribution in [3.63, 3.8) is 0 Å². The fourth-order valence-corrected chi connectivity index (χ4v) is 16.7. The Hall–Kier alpha value is -12.3. The molecule has 0 saturated carbocycles. The Labute approximate surface area is 552 Å². The summed E-state index contributed by atoms with van der Waals surface area (Å²) >= 11 is 0. The normalized spacial score (nSPS) is 13.2. The summed E-state index contributed by atoms with van der Waals surface area (Å²) in [6.45, 7) is 0. The van der Waals surface area contributed by atoms with Crippen LogP contribution >= 0.6 is 0 Å². The number of nitrogens with zero attached hydrogens (tertiary/aromatic N) is 3. The van der Waals surface area contributed by atoms with E-state index in [4.69, 9.17) is 0 Å². The maximum absolute atomic E-state index is 2.56. The smallest absolute Gasteiger partial charge is 0.0714 e. The van der Waals surface area contributed by atoms with Gasteiger partial charge in [-0.3, -0.25) is 0 Å². The molecule has 0 amide bonds. The van der Waals surface area contributed by atoms with E-state index in [1.165, 1.54) is 105 Å². The molecule has 444 valence electrons. The second-order valence-electron chi connectivity index (χ2n) is 25.4. The Morgan fingerprint density at radius 3 is 1.07 bits per heavy atom. The molecule has 95 heavy (non-hydrogen) atoms. The van der Waals surface area contributed by atoms with Crippen molar-refractivity contribution in [2.24, 2.45) is 0 Å². The van der Waals surface area contributed by atoms with Crippen molar-refractivity contribution in [2.45, 2.75) is 10.8 Å².